The van der Waals surface area contributed by atoms with Crippen molar-refractivity contribution in [3.8, 4) is 5.69 Å². The second-order valence-corrected chi connectivity index (χ2v) is 4.01. The molecule has 0 fully saturated rings. The number of pyridine rings is 1. The normalized spacial score (nSPS) is 9.92. The number of halogens is 1. The zero-order chi connectivity index (χ0) is 9.10. The molecule has 2 aromatic rings. The lowest BCUT2D eigenvalue weighted by molar-refractivity contribution is -0.595. The molecule has 1 heterocycles. The first kappa shape index (κ1) is 8.69. The van der Waals surface area contributed by atoms with Crippen molar-refractivity contribution in [3.63, 3.8) is 0 Å². The number of hydrogen-bond acceptors (Lipinski definition) is 0. The molecule has 0 bridgehead atoms. The van der Waals surface area contributed by atoms with Crippen LogP contribution in [0.3, 0.4) is 0 Å². The molecule has 13 heavy (non-hydrogen) atoms. The Morgan fingerprint density at radius 1 is 0.923 bits per heavy atom. The molecule has 0 aliphatic heterocycles. The van der Waals surface area contributed by atoms with Gasteiger partial charge in [-0.15, -0.1) is 0 Å². The van der Waals surface area contributed by atoms with Gasteiger partial charge in [-0.2, -0.15) is 4.57 Å². The Balaban J connectivity index is 2.48. The van der Waals surface area contributed by atoms with E-state index in [1.807, 2.05) is 30.6 Å². The number of aromatic nitrogens is 1. The van der Waals surface area contributed by atoms with Gasteiger partial charge >= 0.3 is 0 Å². The highest BCUT2D eigenvalue weighted by atomic mass is 127. The molecular weight excluding hydrogens is 273 g/mol. The van der Waals surface area contributed by atoms with Gasteiger partial charge in [-0.25, -0.2) is 0 Å². The fraction of sp³-hybridized carbons (Fsp3) is 0. The maximum Gasteiger partial charge on any atom is 0.211 e. The molecule has 0 spiro atoms. The zero-order valence-electron chi connectivity index (χ0n) is 7.02. The third-order valence-electron chi connectivity index (χ3n) is 1.82. The Kier molecular flexibility index (Phi) is 2.59. The summed E-state index contributed by atoms with van der Waals surface area (Å²) in [6.45, 7) is 0. The fourth-order valence-electron chi connectivity index (χ4n) is 1.21. The standard InChI is InChI=1S/C11H9IN/c12-10-5-4-6-11(9-10)13-7-2-1-3-8-13/h1-9H/q+1. The smallest absolute Gasteiger partial charge is 0.167 e. The Morgan fingerprint density at radius 2 is 1.69 bits per heavy atom. The summed E-state index contributed by atoms with van der Waals surface area (Å²) in [4.78, 5) is 0. The summed E-state index contributed by atoms with van der Waals surface area (Å²) in [6.07, 6.45) is 4.09. The molecule has 0 saturated carbocycles. The van der Waals surface area contributed by atoms with Gasteiger partial charge in [0.25, 0.3) is 0 Å². The lowest BCUT2D eigenvalue weighted by Crippen LogP contribution is -2.28. The van der Waals surface area contributed by atoms with Gasteiger partial charge in [-0.05, 0) is 28.7 Å². The molecule has 1 aromatic heterocycles. The van der Waals surface area contributed by atoms with Gasteiger partial charge in [0.15, 0.2) is 12.4 Å². The van der Waals surface area contributed by atoms with Crippen LogP contribution in [0.4, 0.5) is 0 Å². The van der Waals surface area contributed by atoms with Crippen LogP contribution in [0.5, 0.6) is 0 Å². The monoisotopic (exact) mass is 282 g/mol. The summed E-state index contributed by atoms with van der Waals surface area (Å²) in [5, 5.41) is 0. The summed E-state index contributed by atoms with van der Waals surface area (Å²) < 4.78 is 3.36. The molecule has 0 aliphatic rings. The Hall–Kier alpha value is -0.900. The number of rotatable bonds is 1. The van der Waals surface area contributed by atoms with Crippen molar-refractivity contribution in [2.24, 2.45) is 0 Å². The van der Waals surface area contributed by atoms with E-state index in [0.717, 1.165) is 0 Å². The minimum atomic E-state index is 1.20. The van der Waals surface area contributed by atoms with Crippen LogP contribution in [-0.2, 0) is 0 Å². The molecule has 0 aliphatic carbocycles. The second kappa shape index (κ2) is 3.87. The average molecular weight is 282 g/mol. The quantitative estimate of drug-likeness (QED) is 0.559. The van der Waals surface area contributed by atoms with Gasteiger partial charge in [0.05, 0.1) is 0 Å². The van der Waals surface area contributed by atoms with Gasteiger partial charge in [0, 0.05) is 27.8 Å². The van der Waals surface area contributed by atoms with Crippen LogP contribution in [0.15, 0.2) is 54.9 Å². The molecule has 0 amide bonds. The van der Waals surface area contributed by atoms with E-state index in [4.69, 9.17) is 0 Å². The molecule has 0 saturated heterocycles. The summed E-state index contributed by atoms with van der Waals surface area (Å²) in [5.74, 6) is 0. The van der Waals surface area contributed by atoms with Crippen molar-refractivity contribution in [2.45, 2.75) is 0 Å². The zero-order valence-corrected chi connectivity index (χ0v) is 9.18. The van der Waals surface area contributed by atoms with Crippen LogP contribution in [0.2, 0.25) is 0 Å². The van der Waals surface area contributed by atoms with E-state index < -0.39 is 0 Å². The number of nitrogens with zero attached hydrogens (tertiary/aromatic N) is 1. The number of benzene rings is 1. The average Bonchev–Trinajstić information content (AvgIpc) is 2.19. The van der Waals surface area contributed by atoms with Crippen molar-refractivity contribution < 1.29 is 4.57 Å². The van der Waals surface area contributed by atoms with Crippen molar-refractivity contribution in [3.05, 3.63) is 58.4 Å². The first-order chi connectivity index (χ1) is 6.36. The lowest BCUT2D eigenvalue weighted by Gasteiger charge is -1.94. The SMILES string of the molecule is Ic1cccc(-[n+]2ccccc2)c1. The molecule has 0 unspecified atom stereocenters. The van der Waals surface area contributed by atoms with Gasteiger partial charge in [0.1, 0.15) is 0 Å². The predicted molar refractivity (Wildman–Crippen MR) is 60.7 cm³/mol. The van der Waals surface area contributed by atoms with Gasteiger partial charge in [-0.3, -0.25) is 0 Å². The molecule has 0 atom stereocenters. The molecule has 2 rings (SSSR count). The van der Waals surface area contributed by atoms with Crippen molar-refractivity contribution in [2.75, 3.05) is 0 Å². The van der Waals surface area contributed by atoms with Crippen LogP contribution in [0.25, 0.3) is 5.69 Å². The van der Waals surface area contributed by atoms with E-state index in [1.165, 1.54) is 9.26 Å². The summed E-state index contributed by atoms with van der Waals surface area (Å²) in [5.41, 5.74) is 1.20. The van der Waals surface area contributed by atoms with Crippen molar-refractivity contribution in [1.29, 1.82) is 0 Å². The van der Waals surface area contributed by atoms with Crippen LogP contribution >= 0.6 is 22.6 Å². The molecule has 1 aromatic carbocycles. The molecule has 1 nitrogen and oxygen atoms in total. The van der Waals surface area contributed by atoms with Crippen molar-refractivity contribution >= 4 is 22.6 Å². The highest BCUT2D eigenvalue weighted by molar-refractivity contribution is 14.1. The van der Waals surface area contributed by atoms with E-state index in [9.17, 15) is 0 Å². The largest absolute Gasteiger partial charge is 0.211 e. The van der Waals surface area contributed by atoms with Gasteiger partial charge in [-0.1, -0.05) is 12.1 Å². The molecule has 64 valence electrons. The fourth-order valence-corrected chi connectivity index (χ4v) is 1.73. The maximum absolute atomic E-state index is 2.32. The first-order valence-corrected chi connectivity index (χ1v) is 5.16. The van der Waals surface area contributed by atoms with Crippen LogP contribution in [0, 0.1) is 3.57 Å². The van der Waals surface area contributed by atoms with Crippen LogP contribution in [-0.4, -0.2) is 0 Å². The summed E-state index contributed by atoms with van der Waals surface area (Å²) in [6, 6.07) is 14.5. The minimum absolute atomic E-state index is 1.20. The van der Waals surface area contributed by atoms with E-state index in [1.54, 1.807) is 0 Å². The number of hydrogen-bond donors (Lipinski definition) is 0. The molecular formula is C11H9IN+. The second-order valence-electron chi connectivity index (χ2n) is 2.76. The summed E-state index contributed by atoms with van der Waals surface area (Å²) >= 11 is 2.32. The maximum atomic E-state index is 2.32. The first-order valence-electron chi connectivity index (χ1n) is 4.08. The van der Waals surface area contributed by atoms with E-state index in [0.29, 0.717) is 0 Å². The van der Waals surface area contributed by atoms with E-state index in [2.05, 4.69) is 51.4 Å². The van der Waals surface area contributed by atoms with Gasteiger partial charge in [0.2, 0.25) is 5.69 Å². The highest BCUT2D eigenvalue weighted by Crippen LogP contribution is 2.06. The summed E-state index contributed by atoms with van der Waals surface area (Å²) in [7, 11) is 0. The van der Waals surface area contributed by atoms with E-state index in [-0.39, 0.29) is 0 Å². The van der Waals surface area contributed by atoms with Crippen LogP contribution in [0.1, 0.15) is 0 Å². The van der Waals surface area contributed by atoms with Crippen LogP contribution < -0.4 is 4.57 Å². The predicted octanol–water partition coefficient (Wildman–Crippen LogP) is 2.57. The van der Waals surface area contributed by atoms with Crippen molar-refractivity contribution in [1.82, 2.24) is 0 Å². The topological polar surface area (TPSA) is 3.88 Å². The molecule has 2 heteroatoms. The Labute approximate surface area is 91.2 Å². The Bertz CT molecular complexity index is 398. The Morgan fingerprint density at radius 3 is 2.38 bits per heavy atom. The lowest BCUT2D eigenvalue weighted by atomic mass is 10.3. The third kappa shape index (κ3) is 2.06. The van der Waals surface area contributed by atoms with Gasteiger partial charge < -0.3 is 0 Å². The highest BCUT2D eigenvalue weighted by Gasteiger charge is 2.02. The molecule has 0 N–H and O–H groups in total. The third-order valence-corrected chi connectivity index (χ3v) is 2.49. The minimum Gasteiger partial charge on any atom is -0.167 e. The van der Waals surface area contributed by atoms with E-state index >= 15 is 0 Å². The molecule has 0 radical (unpaired) electrons.